The lowest BCUT2D eigenvalue weighted by atomic mass is 10.0. The van der Waals surface area contributed by atoms with Gasteiger partial charge in [0, 0.05) is 19.3 Å². The fraction of sp³-hybridized carbons (Fsp3) is 0.675. The Hall–Kier alpha value is -4.45. The number of unbranched alkanes of at least 4 members (excludes halogenated alkanes) is 29. The highest BCUT2D eigenvalue weighted by Gasteiger charge is 2.19. The van der Waals surface area contributed by atoms with E-state index in [1.54, 1.807) is 0 Å². The normalized spacial score (nSPS) is 13.0. The van der Waals surface area contributed by atoms with Gasteiger partial charge in [-0.3, -0.25) is 14.4 Å². The first kappa shape index (κ1) is 78.5. The van der Waals surface area contributed by atoms with E-state index in [0.29, 0.717) is 19.3 Å². The molecular weight excluding hydrogens is 1020 g/mol. The van der Waals surface area contributed by atoms with Crippen LogP contribution in [0.4, 0.5) is 0 Å². The molecule has 0 heterocycles. The van der Waals surface area contributed by atoms with Gasteiger partial charge >= 0.3 is 17.9 Å². The zero-order valence-corrected chi connectivity index (χ0v) is 54.2. The van der Waals surface area contributed by atoms with Gasteiger partial charge < -0.3 is 14.2 Å². The fourth-order valence-electron chi connectivity index (χ4n) is 9.47. The largest absolute Gasteiger partial charge is 0.462 e. The molecule has 0 N–H and O–H groups in total. The standard InChI is InChI=1S/C77H128O6/c1-4-7-10-13-15-17-19-21-23-25-27-29-31-33-35-37-38-40-41-43-45-47-49-51-53-55-57-59-61-64-67-70-76(79)82-73-74(72-81-75(78)69-66-63-12-9-6-3)83-77(80)71-68-65-62-60-58-56-54-52-50-48-46-44-42-39-36-34-32-30-28-26-24-22-20-18-16-14-11-8-5-2/h7,10,15,17,20-23,26-29,32-35,38,40,43,45,49,51,74H,4-6,8-9,11-14,16,18-19,24-25,30-31,36-37,39,41-42,44,46-48,50,52-73H2,1-3H3/b10-7-,17-15-,22-20-,23-21-,28-26-,29-27-,34-32-,35-33-,40-38-,45-43-,51-49-. The van der Waals surface area contributed by atoms with Gasteiger partial charge in [-0.2, -0.15) is 0 Å². The Labute approximate surface area is 513 Å². The third-order valence-corrected chi connectivity index (χ3v) is 14.6. The van der Waals surface area contributed by atoms with Crippen LogP contribution < -0.4 is 0 Å². The van der Waals surface area contributed by atoms with Crippen molar-refractivity contribution < 1.29 is 28.6 Å². The molecule has 0 bridgehead atoms. The molecule has 0 aliphatic heterocycles. The van der Waals surface area contributed by atoms with Gasteiger partial charge in [-0.15, -0.1) is 0 Å². The molecule has 1 atom stereocenters. The maximum absolute atomic E-state index is 12.9. The van der Waals surface area contributed by atoms with Crippen LogP contribution in [0.25, 0.3) is 0 Å². The number of ether oxygens (including phenoxy) is 3. The molecule has 0 fully saturated rings. The van der Waals surface area contributed by atoms with Crippen molar-refractivity contribution in [3.8, 4) is 0 Å². The van der Waals surface area contributed by atoms with Crippen LogP contribution in [0.15, 0.2) is 134 Å². The number of hydrogen-bond acceptors (Lipinski definition) is 6. The fourth-order valence-corrected chi connectivity index (χ4v) is 9.47. The third kappa shape index (κ3) is 68.2. The number of hydrogen-bond donors (Lipinski definition) is 0. The van der Waals surface area contributed by atoms with Crippen molar-refractivity contribution in [1.29, 1.82) is 0 Å². The molecule has 0 spiro atoms. The second-order valence-corrected chi connectivity index (χ2v) is 22.7. The Morgan fingerprint density at radius 3 is 0.735 bits per heavy atom. The molecule has 472 valence electrons. The average molecular weight is 1150 g/mol. The van der Waals surface area contributed by atoms with Gasteiger partial charge in [0.1, 0.15) is 13.2 Å². The van der Waals surface area contributed by atoms with E-state index in [1.807, 2.05) is 0 Å². The summed E-state index contributed by atoms with van der Waals surface area (Å²) < 4.78 is 16.8. The van der Waals surface area contributed by atoms with E-state index >= 15 is 0 Å². The Morgan fingerprint density at radius 1 is 0.253 bits per heavy atom. The summed E-state index contributed by atoms with van der Waals surface area (Å²) in [5.74, 6) is -0.910. The van der Waals surface area contributed by atoms with Gasteiger partial charge in [0.05, 0.1) is 0 Å². The van der Waals surface area contributed by atoms with E-state index in [0.717, 1.165) is 141 Å². The molecule has 0 saturated heterocycles. The molecule has 0 aliphatic rings. The number of carbonyl (C=O) groups is 3. The second-order valence-electron chi connectivity index (χ2n) is 22.7. The van der Waals surface area contributed by atoms with E-state index < -0.39 is 6.10 Å². The van der Waals surface area contributed by atoms with Crippen LogP contribution in [-0.2, 0) is 28.6 Å². The van der Waals surface area contributed by atoms with E-state index in [-0.39, 0.29) is 31.1 Å². The molecule has 0 amide bonds. The first-order chi connectivity index (χ1) is 41.0. The summed E-state index contributed by atoms with van der Waals surface area (Å²) in [5, 5.41) is 0. The summed E-state index contributed by atoms with van der Waals surface area (Å²) in [6, 6.07) is 0. The van der Waals surface area contributed by atoms with Crippen molar-refractivity contribution in [2.75, 3.05) is 13.2 Å². The Bertz CT molecular complexity index is 1750. The van der Waals surface area contributed by atoms with Gasteiger partial charge in [0.25, 0.3) is 0 Å². The molecular formula is C77H128O6. The molecule has 0 radical (unpaired) electrons. The molecule has 0 saturated carbocycles. The molecule has 6 heteroatoms. The van der Waals surface area contributed by atoms with Gasteiger partial charge in [-0.05, 0) is 122 Å². The van der Waals surface area contributed by atoms with Crippen molar-refractivity contribution in [3.63, 3.8) is 0 Å². The Morgan fingerprint density at radius 2 is 0.470 bits per heavy atom. The molecule has 0 aromatic rings. The first-order valence-electron chi connectivity index (χ1n) is 34.7. The Kier molecular flexibility index (Phi) is 66.3. The van der Waals surface area contributed by atoms with Crippen molar-refractivity contribution in [2.45, 2.75) is 322 Å². The highest BCUT2D eigenvalue weighted by molar-refractivity contribution is 5.71. The van der Waals surface area contributed by atoms with E-state index in [4.69, 9.17) is 14.2 Å². The first-order valence-corrected chi connectivity index (χ1v) is 34.7. The second kappa shape index (κ2) is 70.0. The zero-order chi connectivity index (χ0) is 59.9. The van der Waals surface area contributed by atoms with Gasteiger partial charge in [-0.1, -0.05) is 309 Å². The maximum Gasteiger partial charge on any atom is 0.306 e. The van der Waals surface area contributed by atoms with Crippen molar-refractivity contribution in [1.82, 2.24) is 0 Å². The summed E-state index contributed by atoms with van der Waals surface area (Å²) >= 11 is 0. The predicted octanol–water partition coefficient (Wildman–Crippen LogP) is 24.1. The molecule has 0 rings (SSSR count). The van der Waals surface area contributed by atoms with Crippen LogP contribution in [0.5, 0.6) is 0 Å². The van der Waals surface area contributed by atoms with Crippen molar-refractivity contribution in [2.24, 2.45) is 0 Å². The maximum atomic E-state index is 12.9. The van der Waals surface area contributed by atoms with Gasteiger partial charge in [0.2, 0.25) is 0 Å². The summed E-state index contributed by atoms with van der Waals surface area (Å²) in [6.07, 6.45) is 99.5. The lowest BCUT2D eigenvalue weighted by Crippen LogP contribution is -2.30. The van der Waals surface area contributed by atoms with Crippen LogP contribution in [0.2, 0.25) is 0 Å². The Balaban J connectivity index is 4.07. The van der Waals surface area contributed by atoms with Gasteiger partial charge in [-0.25, -0.2) is 0 Å². The summed E-state index contributed by atoms with van der Waals surface area (Å²) in [5.41, 5.74) is 0. The topological polar surface area (TPSA) is 78.9 Å². The van der Waals surface area contributed by atoms with Crippen molar-refractivity contribution >= 4 is 17.9 Å². The van der Waals surface area contributed by atoms with E-state index in [1.165, 1.54) is 135 Å². The SMILES string of the molecule is CC/C=C\C/C=C\C/C=C\C/C=C\C/C=C\C/C=C\C/C=C\C/C=C\CCCCCCCCC(=O)OCC(COC(=O)CCCCCCC)OC(=O)CCCCCCCCCCCCCCCC/C=C\C/C=C\C/C=C\CCCCCCC. The summed E-state index contributed by atoms with van der Waals surface area (Å²) in [6.45, 7) is 6.43. The van der Waals surface area contributed by atoms with Gasteiger partial charge in [0.15, 0.2) is 6.10 Å². The summed E-state index contributed by atoms with van der Waals surface area (Å²) in [4.78, 5) is 38.0. The van der Waals surface area contributed by atoms with Crippen molar-refractivity contribution in [3.05, 3.63) is 134 Å². The minimum absolute atomic E-state index is 0.0852. The smallest absolute Gasteiger partial charge is 0.306 e. The molecule has 1 unspecified atom stereocenters. The molecule has 0 aliphatic carbocycles. The number of esters is 3. The van der Waals surface area contributed by atoms with Crippen LogP contribution in [0.1, 0.15) is 316 Å². The molecule has 83 heavy (non-hydrogen) atoms. The quantitative estimate of drug-likeness (QED) is 0.0261. The number of carbonyl (C=O) groups excluding carboxylic acids is 3. The van der Waals surface area contributed by atoms with Crippen LogP contribution in [0, 0.1) is 0 Å². The number of rotatable bonds is 62. The van der Waals surface area contributed by atoms with Crippen LogP contribution >= 0.6 is 0 Å². The lowest BCUT2D eigenvalue weighted by Gasteiger charge is -2.18. The molecule has 0 aromatic carbocycles. The minimum atomic E-state index is -0.786. The highest BCUT2D eigenvalue weighted by atomic mass is 16.6. The average Bonchev–Trinajstić information content (AvgIpc) is 3.49. The summed E-state index contributed by atoms with van der Waals surface area (Å²) in [7, 11) is 0. The van der Waals surface area contributed by atoms with Crippen LogP contribution in [-0.4, -0.2) is 37.2 Å². The van der Waals surface area contributed by atoms with E-state index in [9.17, 15) is 14.4 Å². The molecule has 0 aromatic heterocycles. The zero-order valence-electron chi connectivity index (χ0n) is 54.2. The van der Waals surface area contributed by atoms with E-state index in [2.05, 4.69) is 154 Å². The molecule has 6 nitrogen and oxygen atoms in total. The minimum Gasteiger partial charge on any atom is -0.462 e. The number of allylic oxidation sites excluding steroid dienone is 22. The monoisotopic (exact) mass is 1150 g/mol. The third-order valence-electron chi connectivity index (χ3n) is 14.6. The lowest BCUT2D eigenvalue weighted by molar-refractivity contribution is -0.167. The van der Waals surface area contributed by atoms with Crippen LogP contribution in [0.3, 0.4) is 0 Å². The predicted molar refractivity (Wildman–Crippen MR) is 362 cm³/mol. The highest BCUT2D eigenvalue weighted by Crippen LogP contribution is 2.16.